The number of furan rings is 1. The summed E-state index contributed by atoms with van der Waals surface area (Å²) >= 11 is 0. The first-order valence-corrected chi connectivity index (χ1v) is 11.0. The number of carboxylic acid groups (broad SMARTS) is 1. The van der Waals surface area contributed by atoms with Gasteiger partial charge in [-0.3, -0.25) is 4.79 Å². The smallest absolute Gasteiger partial charge is 0.305 e. The predicted octanol–water partition coefficient (Wildman–Crippen LogP) is 5.07. The molecule has 0 aliphatic rings. The molecule has 176 valence electrons. The number of benzene rings is 2. The molecule has 0 amide bonds. The molecular weight excluding hydrogens is 436 g/mol. The maximum atomic E-state index is 10.6. The van der Waals surface area contributed by atoms with Crippen LogP contribution in [0.25, 0.3) is 33.6 Å². The number of carboxylic acids is 1. The van der Waals surface area contributed by atoms with E-state index >= 15 is 0 Å². The SMILES string of the molecule is COc1ccc(-c2c(-c3ccccc3)oc3ncnc(OCC(C)COCCC(=O)O)c23)cc1. The second-order valence-corrected chi connectivity index (χ2v) is 7.89. The Balaban J connectivity index is 1.67. The topological polar surface area (TPSA) is 104 Å². The van der Waals surface area contributed by atoms with Crippen molar-refractivity contribution in [1.82, 2.24) is 9.97 Å². The largest absolute Gasteiger partial charge is 0.497 e. The molecule has 1 N–H and O–H groups in total. The average Bonchev–Trinajstić information content (AvgIpc) is 3.26. The zero-order valence-electron chi connectivity index (χ0n) is 19.1. The van der Waals surface area contributed by atoms with Crippen LogP contribution in [-0.4, -0.2) is 48.0 Å². The first-order valence-electron chi connectivity index (χ1n) is 11.0. The van der Waals surface area contributed by atoms with E-state index in [0.29, 0.717) is 36.0 Å². The van der Waals surface area contributed by atoms with Crippen LogP contribution >= 0.6 is 0 Å². The average molecular weight is 463 g/mol. The van der Waals surface area contributed by atoms with Gasteiger partial charge in [-0.2, -0.15) is 0 Å². The molecule has 34 heavy (non-hydrogen) atoms. The number of fused-ring (bicyclic) bond motifs is 1. The van der Waals surface area contributed by atoms with Gasteiger partial charge in [-0.1, -0.05) is 49.4 Å². The normalized spacial score (nSPS) is 11.9. The molecule has 0 radical (unpaired) electrons. The molecule has 0 saturated carbocycles. The third-order valence-corrected chi connectivity index (χ3v) is 5.24. The minimum Gasteiger partial charge on any atom is -0.497 e. The summed E-state index contributed by atoms with van der Waals surface area (Å²) in [5.41, 5.74) is 3.10. The van der Waals surface area contributed by atoms with Crippen molar-refractivity contribution >= 4 is 17.1 Å². The molecule has 0 spiro atoms. The van der Waals surface area contributed by atoms with Gasteiger partial charge in [0.1, 0.15) is 23.2 Å². The third kappa shape index (κ3) is 5.35. The number of hydrogen-bond donors (Lipinski definition) is 1. The summed E-state index contributed by atoms with van der Waals surface area (Å²) in [4.78, 5) is 19.4. The lowest BCUT2D eigenvalue weighted by Gasteiger charge is -2.13. The van der Waals surface area contributed by atoms with E-state index in [1.165, 1.54) is 6.33 Å². The fourth-order valence-corrected chi connectivity index (χ4v) is 3.56. The molecule has 0 fully saturated rings. The Morgan fingerprint density at radius 2 is 1.79 bits per heavy atom. The zero-order valence-corrected chi connectivity index (χ0v) is 19.1. The van der Waals surface area contributed by atoms with Crippen LogP contribution in [0.1, 0.15) is 13.3 Å². The second kappa shape index (κ2) is 10.8. The Kier molecular flexibility index (Phi) is 7.39. The Hall–Kier alpha value is -3.91. The monoisotopic (exact) mass is 462 g/mol. The summed E-state index contributed by atoms with van der Waals surface area (Å²) in [6, 6.07) is 17.5. The second-order valence-electron chi connectivity index (χ2n) is 7.89. The lowest BCUT2D eigenvalue weighted by molar-refractivity contribution is -0.138. The molecule has 4 aromatic rings. The van der Waals surface area contributed by atoms with Gasteiger partial charge in [0.25, 0.3) is 0 Å². The fourth-order valence-electron chi connectivity index (χ4n) is 3.56. The van der Waals surface area contributed by atoms with Gasteiger partial charge in [0.05, 0.1) is 33.4 Å². The van der Waals surface area contributed by atoms with E-state index in [0.717, 1.165) is 22.4 Å². The van der Waals surface area contributed by atoms with Crippen molar-refractivity contribution in [3.05, 3.63) is 60.9 Å². The summed E-state index contributed by atoms with van der Waals surface area (Å²) in [6.45, 7) is 2.86. The van der Waals surface area contributed by atoms with Gasteiger partial charge in [0, 0.05) is 17.0 Å². The molecular formula is C26H26N2O6. The van der Waals surface area contributed by atoms with E-state index in [2.05, 4.69) is 9.97 Å². The summed E-state index contributed by atoms with van der Waals surface area (Å²) in [5, 5.41) is 9.42. The van der Waals surface area contributed by atoms with Crippen LogP contribution in [0.15, 0.2) is 65.3 Å². The van der Waals surface area contributed by atoms with Crippen molar-refractivity contribution < 1.29 is 28.5 Å². The number of rotatable bonds is 11. The first kappa shape index (κ1) is 23.3. The highest BCUT2D eigenvalue weighted by Crippen LogP contribution is 2.43. The highest BCUT2D eigenvalue weighted by Gasteiger charge is 2.23. The quantitative estimate of drug-likeness (QED) is 0.308. The number of carbonyl (C=O) groups is 1. The van der Waals surface area contributed by atoms with Crippen LogP contribution in [-0.2, 0) is 9.53 Å². The van der Waals surface area contributed by atoms with E-state index in [-0.39, 0.29) is 18.9 Å². The van der Waals surface area contributed by atoms with Crippen molar-refractivity contribution in [2.75, 3.05) is 26.9 Å². The van der Waals surface area contributed by atoms with Crippen LogP contribution in [0.2, 0.25) is 0 Å². The van der Waals surface area contributed by atoms with E-state index < -0.39 is 5.97 Å². The lowest BCUT2D eigenvalue weighted by atomic mass is 9.99. The van der Waals surface area contributed by atoms with Gasteiger partial charge < -0.3 is 23.7 Å². The van der Waals surface area contributed by atoms with Crippen molar-refractivity contribution in [2.45, 2.75) is 13.3 Å². The van der Waals surface area contributed by atoms with E-state index in [9.17, 15) is 4.79 Å². The molecule has 8 nitrogen and oxygen atoms in total. The van der Waals surface area contributed by atoms with E-state index in [4.69, 9.17) is 23.7 Å². The Morgan fingerprint density at radius 3 is 2.50 bits per heavy atom. The Labute approximate surface area is 197 Å². The molecule has 0 aliphatic heterocycles. The first-order chi connectivity index (χ1) is 16.6. The van der Waals surface area contributed by atoms with Crippen LogP contribution < -0.4 is 9.47 Å². The van der Waals surface area contributed by atoms with Crippen LogP contribution in [0.4, 0.5) is 0 Å². The van der Waals surface area contributed by atoms with E-state index in [1.807, 2.05) is 61.5 Å². The molecule has 0 saturated heterocycles. The number of hydrogen-bond acceptors (Lipinski definition) is 7. The Bertz CT molecular complexity index is 1240. The summed E-state index contributed by atoms with van der Waals surface area (Å²) in [7, 11) is 1.63. The molecule has 1 unspecified atom stereocenters. The van der Waals surface area contributed by atoms with Crippen molar-refractivity contribution in [3.63, 3.8) is 0 Å². The zero-order chi connectivity index (χ0) is 23.9. The number of aromatic nitrogens is 2. The summed E-state index contributed by atoms with van der Waals surface area (Å²) in [5.74, 6) is 0.994. The number of ether oxygens (including phenoxy) is 3. The molecule has 1 atom stereocenters. The van der Waals surface area contributed by atoms with E-state index in [1.54, 1.807) is 7.11 Å². The highest BCUT2D eigenvalue weighted by atomic mass is 16.5. The van der Waals surface area contributed by atoms with Crippen molar-refractivity contribution in [2.24, 2.45) is 5.92 Å². The van der Waals surface area contributed by atoms with Gasteiger partial charge in [-0.05, 0) is 17.7 Å². The minimum absolute atomic E-state index is 0.0252. The van der Waals surface area contributed by atoms with Crippen LogP contribution in [0.3, 0.4) is 0 Å². The summed E-state index contributed by atoms with van der Waals surface area (Å²) in [6.07, 6.45) is 1.39. The molecule has 4 rings (SSSR count). The van der Waals surface area contributed by atoms with Crippen molar-refractivity contribution in [3.8, 4) is 34.1 Å². The maximum Gasteiger partial charge on any atom is 0.305 e. The molecule has 2 heterocycles. The van der Waals surface area contributed by atoms with Gasteiger partial charge in [0.15, 0.2) is 0 Å². The lowest BCUT2D eigenvalue weighted by Crippen LogP contribution is -2.16. The fraction of sp³-hybridized carbons (Fsp3) is 0.269. The standard InChI is InChI=1S/C26H26N2O6/c1-17(14-32-13-12-21(29)30)15-33-25-23-22(18-8-10-20(31-2)11-9-18)24(19-6-4-3-5-7-19)34-26(23)28-16-27-25/h3-11,16-17H,12-15H2,1-2H3,(H,29,30). The van der Waals surface area contributed by atoms with Gasteiger partial charge >= 0.3 is 5.97 Å². The molecule has 0 aliphatic carbocycles. The molecule has 2 aromatic carbocycles. The predicted molar refractivity (Wildman–Crippen MR) is 127 cm³/mol. The van der Waals surface area contributed by atoms with Gasteiger partial charge in [0.2, 0.25) is 11.6 Å². The molecule has 8 heteroatoms. The van der Waals surface area contributed by atoms with Crippen molar-refractivity contribution in [1.29, 1.82) is 0 Å². The van der Waals surface area contributed by atoms with Gasteiger partial charge in [-0.15, -0.1) is 0 Å². The van der Waals surface area contributed by atoms with Crippen LogP contribution in [0, 0.1) is 5.92 Å². The summed E-state index contributed by atoms with van der Waals surface area (Å²) < 4.78 is 23.0. The van der Waals surface area contributed by atoms with Gasteiger partial charge in [-0.25, -0.2) is 9.97 Å². The molecule has 2 aromatic heterocycles. The maximum absolute atomic E-state index is 10.6. The molecule has 0 bridgehead atoms. The number of nitrogens with zero attached hydrogens (tertiary/aromatic N) is 2. The highest BCUT2D eigenvalue weighted by molar-refractivity contribution is 6.03. The Morgan fingerprint density at radius 1 is 1.03 bits per heavy atom. The number of aliphatic carboxylic acids is 1. The van der Waals surface area contributed by atoms with Crippen LogP contribution in [0.5, 0.6) is 11.6 Å². The third-order valence-electron chi connectivity index (χ3n) is 5.24. The minimum atomic E-state index is -0.882. The number of methoxy groups -OCH3 is 1.